The fourth-order valence-corrected chi connectivity index (χ4v) is 2.32. The molecule has 0 aliphatic heterocycles. The first-order valence-electron chi connectivity index (χ1n) is 6.18. The Balaban J connectivity index is 1.73. The van der Waals surface area contributed by atoms with E-state index in [1.165, 1.54) is 0 Å². The molecule has 1 aromatic carbocycles. The molecular formula is C14H15BrN4. The van der Waals surface area contributed by atoms with Gasteiger partial charge in [0.15, 0.2) is 0 Å². The van der Waals surface area contributed by atoms with E-state index in [-0.39, 0.29) is 0 Å². The molecule has 0 atom stereocenters. The van der Waals surface area contributed by atoms with Gasteiger partial charge >= 0.3 is 0 Å². The third-order valence-electron chi connectivity index (χ3n) is 2.76. The summed E-state index contributed by atoms with van der Waals surface area (Å²) in [7, 11) is 0. The quantitative estimate of drug-likeness (QED) is 0.830. The lowest BCUT2D eigenvalue weighted by atomic mass is 10.2. The van der Waals surface area contributed by atoms with Gasteiger partial charge in [0.1, 0.15) is 0 Å². The van der Waals surface area contributed by atoms with Crippen molar-refractivity contribution in [3.63, 3.8) is 0 Å². The van der Waals surface area contributed by atoms with Gasteiger partial charge in [0.05, 0.1) is 18.0 Å². The predicted molar refractivity (Wildman–Crippen MR) is 78.8 cm³/mol. The van der Waals surface area contributed by atoms with Crippen molar-refractivity contribution in [3.8, 4) is 6.07 Å². The molecule has 2 rings (SSSR count). The number of halogens is 1. The van der Waals surface area contributed by atoms with Crippen LogP contribution in [0.1, 0.15) is 18.4 Å². The predicted octanol–water partition coefficient (Wildman–Crippen LogP) is 3.41. The number of nitrogens with one attached hydrogen (secondary N) is 1. The maximum atomic E-state index is 8.89. The largest absolute Gasteiger partial charge is 0.385 e. The van der Waals surface area contributed by atoms with Gasteiger partial charge in [0.2, 0.25) is 0 Å². The molecule has 5 heteroatoms. The first-order chi connectivity index (χ1) is 9.28. The van der Waals surface area contributed by atoms with Crippen molar-refractivity contribution in [2.75, 3.05) is 11.9 Å². The minimum Gasteiger partial charge on any atom is -0.385 e. The summed E-state index contributed by atoms with van der Waals surface area (Å²) in [5.74, 6) is 0. The lowest BCUT2D eigenvalue weighted by Gasteiger charge is -2.07. The zero-order valence-corrected chi connectivity index (χ0v) is 12.1. The van der Waals surface area contributed by atoms with Crippen molar-refractivity contribution in [1.82, 2.24) is 9.55 Å². The molecule has 4 nitrogen and oxygen atoms in total. The molecular weight excluding hydrogens is 304 g/mol. The van der Waals surface area contributed by atoms with E-state index >= 15 is 0 Å². The van der Waals surface area contributed by atoms with Crippen molar-refractivity contribution < 1.29 is 0 Å². The van der Waals surface area contributed by atoms with Crippen LogP contribution in [0.25, 0.3) is 0 Å². The van der Waals surface area contributed by atoms with Gasteiger partial charge < -0.3 is 9.88 Å². The number of rotatable bonds is 6. The summed E-state index contributed by atoms with van der Waals surface area (Å²) in [6.45, 7) is 1.89. The lowest BCUT2D eigenvalue weighted by Crippen LogP contribution is -2.04. The van der Waals surface area contributed by atoms with E-state index in [0.717, 1.165) is 36.1 Å². The van der Waals surface area contributed by atoms with Crippen LogP contribution >= 0.6 is 15.9 Å². The number of hydrogen-bond donors (Lipinski definition) is 1. The molecule has 0 saturated heterocycles. The number of aryl methyl sites for hydroxylation is 1. The molecule has 1 N–H and O–H groups in total. The van der Waals surface area contributed by atoms with Crippen molar-refractivity contribution in [3.05, 3.63) is 47.0 Å². The second kappa shape index (κ2) is 6.95. The molecule has 0 radical (unpaired) electrons. The number of imidazole rings is 1. The lowest BCUT2D eigenvalue weighted by molar-refractivity contribution is 0.621. The average molecular weight is 319 g/mol. The van der Waals surface area contributed by atoms with Gasteiger partial charge in [0.25, 0.3) is 0 Å². The van der Waals surface area contributed by atoms with Crippen LogP contribution in [0.3, 0.4) is 0 Å². The average Bonchev–Trinajstić information content (AvgIpc) is 2.91. The third-order valence-corrected chi connectivity index (χ3v) is 3.22. The Morgan fingerprint density at radius 1 is 1.32 bits per heavy atom. The second-order valence-corrected chi connectivity index (χ2v) is 5.19. The topological polar surface area (TPSA) is 53.6 Å². The van der Waals surface area contributed by atoms with Gasteiger partial charge in [-0.3, -0.25) is 0 Å². The molecule has 19 heavy (non-hydrogen) atoms. The fourth-order valence-electron chi connectivity index (χ4n) is 1.83. The SMILES string of the molecule is N#Cc1cc(Br)cc(NCCCCn2ccnc2)c1. The molecule has 0 unspecified atom stereocenters. The van der Waals surface area contributed by atoms with Crippen LogP contribution in [0.5, 0.6) is 0 Å². The highest BCUT2D eigenvalue weighted by atomic mass is 79.9. The zero-order chi connectivity index (χ0) is 13.5. The molecule has 1 heterocycles. The normalized spacial score (nSPS) is 10.1. The molecule has 0 bridgehead atoms. The smallest absolute Gasteiger partial charge is 0.0992 e. The summed E-state index contributed by atoms with van der Waals surface area (Å²) < 4.78 is 3.00. The van der Waals surface area contributed by atoms with Crippen LogP contribution in [-0.4, -0.2) is 16.1 Å². The molecule has 0 aliphatic carbocycles. The van der Waals surface area contributed by atoms with Crippen LogP contribution in [0.4, 0.5) is 5.69 Å². The number of nitrogens with zero attached hydrogens (tertiary/aromatic N) is 3. The molecule has 0 amide bonds. The fraction of sp³-hybridized carbons (Fsp3) is 0.286. The number of unbranched alkanes of at least 4 members (excludes halogenated alkanes) is 1. The first-order valence-corrected chi connectivity index (χ1v) is 6.97. The van der Waals surface area contributed by atoms with Gasteiger partial charge in [-0.25, -0.2) is 4.98 Å². The van der Waals surface area contributed by atoms with Gasteiger partial charge in [-0.1, -0.05) is 15.9 Å². The van der Waals surface area contributed by atoms with Crippen LogP contribution in [0.2, 0.25) is 0 Å². The van der Waals surface area contributed by atoms with Crippen LogP contribution in [-0.2, 0) is 6.54 Å². The maximum Gasteiger partial charge on any atom is 0.0992 e. The molecule has 0 spiro atoms. The third kappa shape index (κ3) is 4.42. The van der Waals surface area contributed by atoms with Crippen LogP contribution < -0.4 is 5.32 Å². The van der Waals surface area contributed by atoms with Crippen molar-refractivity contribution >= 4 is 21.6 Å². The molecule has 0 fully saturated rings. The van der Waals surface area contributed by atoms with Crippen LogP contribution in [0, 0.1) is 11.3 Å². The number of anilines is 1. The standard InChI is InChI=1S/C14H15BrN4/c15-13-7-12(10-16)8-14(9-13)18-3-1-2-5-19-6-4-17-11-19/h4,6-9,11,18H,1-3,5H2. The number of nitriles is 1. The van der Waals surface area contributed by atoms with E-state index in [2.05, 4.69) is 36.9 Å². The molecule has 0 saturated carbocycles. The Morgan fingerprint density at radius 3 is 2.95 bits per heavy atom. The number of hydrogen-bond acceptors (Lipinski definition) is 3. The summed E-state index contributed by atoms with van der Waals surface area (Å²) in [4.78, 5) is 4.01. The second-order valence-electron chi connectivity index (χ2n) is 4.27. The molecule has 1 aromatic heterocycles. The summed E-state index contributed by atoms with van der Waals surface area (Å²) in [5, 5.41) is 12.2. The Labute approximate surface area is 121 Å². The van der Waals surface area contributed by atoms with E-state index in [9.17, 15) is 0 Å². The van der Waals surface area contributed by atoms with E-state index in [1.54, 1.807) is 6.20 Å². The van der Waals surface area contributed by atoms with E-state index in [4.69, 9.17) is 5.26 Å². The zero-order valence-electron chi connectivity index (χ0n) is 10.5. The first kappa shape index (κ1) is 13.6. The Hall–Kier alpha value is -1.80. The molecule has 0 aliphatic rings. The highest BCUT2D eigenvalue weighted by molar-refractivity contribution is 9.10. The molecule has 98 valence electrons. The Morgan fingerprint density at radius 2 is 2.21 bits per heavy atom. The summed E-state index contributed by atoms with van der Waals surface area (Å²) in [6.07, 6.45) is 7.78. The van der Waals surface area contributed by atoms with E-state index in [1.807, 2.05) is 30.7 Å². The Kier molecular flexibility index (Phi) is 4.99. The molecule has 2 aromatic rings. The van der Waals surface area contributed by atoms with E-state index < -0.39 is 0 Å². The van der Waals surface area contributed by atoms with Crippen molar-refractivity contribution in [2.24, 2.45) is 0 Å². The van der Waals surface area contributed by atoms with Crippen molar-refractivity contribution in [1.29, 1.82) is 5.26 Å². The van der Waals surface area contributed by atoms with Gasteiger partial charge in [-0.15, -0.1) is 0 Å². The minimum absolute atomic E-state index is 0.662. The number of benzene rings is 1. The number of aromatic nitrogens is 2. The summed E-state index contributed by atoms with van der Waals surface area (Å²) >= 11 is 3.40. The summed E-state index contributed by atoms with van der Waals surface area (Å²) in [6, 6.07) is 7.80. The maximum absolute atomic E-state index is 8.89. The van der Waals surface area contributed by atoms with Gasteiger partial charge in [-0.2, -0.15) is 5.26 Å². The van der Waals surface area contributed by atoms with E-state index in [0.29, 0.717) is 5.56 Å². The monoisotopic (exact) mass is 318 g/mol. The summed E-state index contributed by atoms with van der Waals surface area (Å²) in [5.41, 5.74) is 1.64. The van der Waals surface area contributed by atoms with Gasteiger partial charge in [0, 0.05) is 35.6 Å². The Bertz CT molecular complexity index is 557. The van der Waals surface area contributed by atoms with Crippen LogP contribution in [0.15, 0.2) is 41.4 Å². The van der Waals surface area contributed by atoms with Crippen molar-refractivity contribution in [2.45, 2.75) is 19.4 Å². The highest BCUT2D eigenvalue weighted by Gasteiger charge is 1.98. The highest BCUT2D eigenvalue weighted by Crippen LogP contribution is 2.19. The van der Waals surface area contributed by atoms with Gasteiger partial charge in [-0.05, 0) is 31.0 Å². The minimum atomic E-state index is 0.662.